The van der Waals surface area contributed by atoms with Gasteiger partial charge in [0, 0.05) is 42.5 Å². The lowest BCUT2D eigenvalue weighted by molar-refractivity contribution is -0.152. The van der Waals surface area contributed by atoms with Gasteiger partial charge in [0.15, 0.2) is 17.3 Å². The van der Waals surface area contributed by atoms with E-state index in [2.05, 4.69) is 0 Å². The van der Waals surface area contributed by atoms with E-state index in [-0.39, 0.29) is 11.1 Å². The van der Waals surface area contributed by atoms with Crippen LogP contribution in [0.3, 0.4) is 0 Å². The van der Waals surface area contributed by atoms with Crippen molar-refractivity contribution in [3.63, 3.8) is 0 Å². The monoisotopic (exact) mass is 918 g/mol. The van der Waals surface area contributed by atoms with Crippen LogP contribution in [0.5, 0.6) is 74.7 Å². The third-order valence-corrected chi connectivity index (χ3v) is 10.1. The Kier molecular flexibility index (Phi) is 9.91. The first-order valence-electron chi connectivity index (χ1n) is 18.9. The normalized spacial score (nSPS) is 13.3. The number of Topliss-reactive ketones (excluding diaryl/α,β-unsaturated/α-hetero) is 1. The van der Waals surface area contributed by atoms with E-state index in [4.69, 9.17) is 32.8 Å². The number of fused-ring (bicyclic) bond motifs is 3. The molecule has 1 aliphatic rings. The van der Waals surface area contributed by atoms with Gasteiger partial charge in [-0.2, -0.15) is 0 Å². The van der Waals surface area contributed by atoms with Crippen molar-refractivity contribution in [2.75, 3.05) is 0 Å². The maximum atomic E-state index is 14.8. The highest BCUT2D eigenvalue weighted by atomic mass is 17.2. The van der Waals surface area contributed by atoms with Crippen molar-refractivity contribution in [1.29, 1.82) is 0 Å². The standard InChI is InChI=1S/C45H26O22/c46-15-1-4-20(23(51)7-15)39-43(36(58)32-26(54)10-18(49)12-29(32)61-39)65-64-42-34-31(14-28(56)35(42)57)63-41(22-6-3-17(48)9-25(22)53)45(38(34)60)67-66-44-37(59)33-27(55)11-19(50)13-30(33)62-40(44)21-5-2-16(47)8-24(21)52/h1-14,28,46-56H. The molecular formula is C45H26O22. The Morgan fingerprint density at radius 3 is 1.21 bits per heavy atom. The van der Waals surface area contributed by atoms with Gasteiger partial charge >= 0.3 is 0 Å². The SMILES string of the molecule is O=C1C(OOc2c(-c3ccc(O)cc3O)oc3cc(O)cc(O)c3c2=O)=c2c(oc(-c3ccc(O)cc3O)c(OOc3c(-c4ccc(O)cc4O)oc4cc(O)cc(O)c4c3=O)c2=O)=CC1O. The number of hydrogen-bond donors (Lipinski definition) is 11. The number of ketones is 1. The van der Waals surface area contributed by atoms with Crippen LogP contribution in [-0.2, 0) is 9.68 Å². The van der Waals surface area contributed by atoms with Crippen LogP contribution in [0.25, 0.3) is 67.7 Å². The largest absolute Gasteiger partial charge is 0.508 e. The van der Waals surface area contributed by atoms with Crippen LogP contribution >= 0.6 is 0 Å². The maximum absolute atomic E-state index is 14.8. The van der Waals surface area contributed by atoms with Crippen molar-refractivity contribution in [1.82, 2.24) is 0 Å². The molecule has 22 heteroatoms. The van der Waals surface area contributed by atoms with E-state index in [9.17, 15) is 75.3 Å². The fourth-order valence-corrected chi connectivity index (χ4v) is 7.03. The molecule has 1 unspecified atom stereocenters. The Balaban J connectivity index is 1.26. The Morgan fingerprint density at radius 2 is 0.791 bits per heavy atom. The summed E-state index contributed by atoms with van der Waals surface area (Å²) in [6, 6.07) is 12.2. The highest BCUT2D eigenvalue weighted by Gasteiger charge is 2.34. The minimum absolute atomic E-state index is 0.356. The molecule has 8 aromatic rings. The molecule has 3 heterocycles. The molecule has 0 aliphatic heterocycles. The summed E-state index contributed by atoms with van der Waals surface area (Å²) in [7, 11) is 0. The van der Waals surface area contributed by atoms with Crippen LogP contribution in [0.4, 0.5) is 0 Å². The summed E-state index contributed by atoms with van der Waals surface area (Å²) >= 11 is 0. The first kappa shape index (κ1) is 42.3. The molecule has 0 spiro atoms. The van der Waals surface area contributed by atoms with E-state index >= 15 is 0 Å². The van der Waals surface area contributed by atoms with Gasteiger partial charge in [0.05, 0.1) is 16.7 Å². The Hall–Kier alpha value is -9.96. The van der Waals surface area contributed by atoms with E-state index < -0.39 is 164 Å². The number of aromatic hydroxyl groups is 10. The fourth-order valence-electron chi connectivity index (χ4n) is 7.03. The fraction of sp³-hybridized carbons (Fsp3) is 0.0222. The summed E-state index contributed by atoms with van der Waals surface area (Å²) in [4.78, 5) is 78.1. The summed E-state index contributed by atoms with van der Waals surface area (Å²) in [5.41, 5.74) is -6.73. The minimum Gasteiger partial charge on any atom is -0.508 e. The molecule has 5 aromatic carbocycles. The molecule has 0 saturated heterocycles. The summed E-state index contributed by atoms with van der Waals surface area (Å²) < 4.78 is 17.4. The predicted molar refractivity (Wildman–Crippen MR) is 224 cm³/mol. The first-order valence-corrected chi connectivity index (χ1v) is 18.9. The smallest absolute Gasteiger partial charge is 0.269 e. The number of aliphatic hydroxyl groups is 1. The number of carbonyl (C=O) groups excluding carboxylic acids is 1. The second-order valence-corrected chi connectivity index (χ2v) is 14.4. The molecule has 0 fully saturated rings. The molecule has 0 bridgehead atoms. The number of benzene rings is 5. The van der Waals surface area contributed by atoms with E-state index in [0.717, 1.165) is 78.9 Å². The highest BCUT2D eigenvalue weighted by Crippen LogP contribution is 2.43. The van der Waals surface area contributed by atoms with Gasteiger partial charge < -0.3 is 69.4 Å². The molecule has 1 aliphatic carbocycles. The second-order valence-electron chi connectivity index (χ2n) is 14.4. The number of hydrogen-bond acceptors (Lipinski definition) is 22. The average molecular weight is 919 g/mol. The first-order chi connectivity index (χ1) is 31.9. The van der Waals surface area contributed by atoms with Gasteiger partial charge in [-0.25, -0.2) is 0 Å². The van der Waals surface area contributed by atoms with Gasteiger partial charge in [0.25, 0.3) is 17.2 Å². The second kappa shape index (κ2) is 15.7. The zero-order valence-corrected chi connectivity index (χ0v) is 33.1. The van der Waals surface area contributed by atoms with E-state index in [1.807, 2.05) is 0 Å². The Labute approximate surface area is 367 Å². The summed E-state index contributed by atoms with van der Waals surface area (Å²) in [6.45, 7) is 0. The molecule has 11 N–H and O–H groups in total. The Morgan fingerprint density at radius 1 is 0.418 bits per heavy atom. The van der Waals surface area contributed by atoms with Crippen molar-refractivity contribution in [2.45, 2.75) is 6.10 Å². The number of carbonyl (C=O) groups is 1. The van der Waals surface area contributed by atoms with Crippen molar-refractivity contribution < 1.29 is 93.8 Å². The predicted octanol–water partition coefficient (Wildman–Crippen LogP) is 3.13. The van der Waals surface area contributed by atoms with E-state index in [0.29, 0.717) is 6.08 Å². The summed E-state index contributed by atoms with van der Waals surface area (Å²) in [6.07, 6.45) is -1.47. The highest BCUT2D eigenvalue weighted by molar-refractivity contribution is 6.17. The van der Waals surface area contributed by atoms with Crippen LogP contribution in [0.2, 0.25) is 0 Å². The summed E-state index contributed by atoms with van der Waals surface area (Å²) in [5, 5.41) is 113. The molecule has 0 saturated carbocycles. The van der Waals surface area contributed by atoms with Crippen LogP contribution in [0, 0.1) is 0 Å². The van der Waals surface area contributed by atoms with Gasteiger partial charge in [-0.1, -0.05) is 0 Å². The van der Waals surface area contributed by atoms with Gasteiger partial charge in [-0.15, -0.1) is 0 Å². The van der Waals surface area contributed by atoms with Crippen LogP contribution in [-0.4, -0.2) is 68.1 Å². The zero-order chi connectivity index (χ0) is 47.7. The molecule has 0 radical (unpaired) electrons. The van der Waals surface area contributed by atoms with Crippen molar-refractivity contribution >= 4 is 39.6 Å². The lowest BCUT2D eigenvalue weighted by Gasteiger charge is -2.17. The maximum Gasteiger partial charge on any atom is 0.269 e. The lowest BCUT2D eigenvalue weighted by atomic mass is 10.0. The quantitative estimate of drug-likeness (QED) is 0.0731. The number of rotatable bonds is 9. The molecule has 9 rings (SSSR count). The molecular weight excluding hydrogens is 892 g/mol. The molecule has 67 heavy (non-hydrogen) atoms. The lowest BCUT2D eigenvalue weighted by Crippen LogP contribution is -2.49. The van der Waals surface area contributed by atoms with Crippen LogP contribution < -0.4 is 41.6 Å². The van der Waals surface area contributed by atoms with Crippen molar-refractivity contribution in [3.8, 4) is 109 Å². The van der Waals surface area contributed by atoms with Gasteiger partial charge in [-0.05, 0) is 42.5 Å². The number of aliphatic hydroxyl groups excluding tert-OH is 1. The number of phenols is 10. The van der Waals surface area contributed by atoms with Gasteiger partial charge in [-0.3, -0.25) is 38.7 Å². The third kappa shape index (κ3) is 7.17. The van der Waals surface area contributed by atoms with Crippen LogP contribution in [0.15, 0.2) is 106 Å². The molecule has 1 atom stereocenters. The third-order valence-electron chi connectivity index (χ3n) is 10.1. The van der Waals surface area contributed by atoms with Crippen molar-refractivity contribution in [3.05, 3.63) is 120 Å². The average Bonchev–Trinajstić information content (AvgIpc) is 3.24. The van der Waals surface area contributed by atoms with Crippen LogP contribution in [0.1, 0.15) is 0 Å². The van der Waals surface area contributed by atoms with Crippen molar-refractivity contribution in [2.24, 2.45) is 0 Å². The van der Waals surface area contributed by atoms with E-state index in [1.165, 1.54) is 0 Å². The van der Waals surface area contributed by atoms with E-state index in [1.54, 1.807) is 0 Å². The topological polar surface area (TPSA) is 367 Å². The minimum atomic E-state index is -2.19. The Bertz CT molecular complexity index is 3770. The van der Waals surface area contributed by atoms with Gasteiger partial charge in [0.2, 0.25) is 27.8 Å². The molecule has 3 aromatic heterocycles. The van der Waals surface area contributed by atoms with Gasteiger partial charge in [0.1, 0.15) is 96.2 Å². The molecule has 0 amide bonds. The zero-order valence-electron chi connectivity index (χ0n) is 33.1. The molecule has 338 valence electrons. The molecule has 22 nitrogen and oxygen atoms in total. The number of phenolic OH excluding ortho intramolecular Hbond substituents is 10. The summed E-state index contributed by atoms with van der Waals surface area (Å²) in [5.74, 6) is -14.3.